The Bertz CT molecular complexity index is 203. The standard InChI is InChI=1S/C5H2F6O2/c6-2(7)4(10)12-1-13-5(11)3(8)9/h1H2. The van der Waals surface area contributed by atoms with Crippen molar-refractivity contribution in [1.29, 1.82) is 0 Å². The summed E-state index contributed by atoms with van der Waals surface area (Å²) in [6.07, 6.45) is -5.59. The van der Waals surface area contributed by atoms with Gasteiger partial charge >= 0.3 is 24.2 Å². The summed E-state index contributed by atoms with van der Waals surface area (Å²) >= 11 is 0. The molecule has 0 amide bonds. The van der Waals surface area contributed by atoms with Crippen molar-refractivity contribution < 1.29 is 35.8 Å². The van der Waals surface area contributed by atoms with E-state index in [9.17, 15) is 26.3 Å². The number of ether oxygens (including phenoxy) is 2. The van der Waals surface area contributed by atoms with E-state index < -0.39 is 31.0 Å². The fourth-order valence-corrected chi connectivity index (χ4v) is 0.242. The molecule has 0 aromatic heterocycles. The van der Waals surface area contributed by atoms with E-state index in [2.05, 4.69) is 9.47 Å². The molecule has 0 aromatic rings. The molecule has 0 heterocycles. The zero-order valence-electron chi connectivity index (χ0n) is 5.79. The van der Waals surface area contributed by atoms with Gasteiger partial charge in [0.1, 0.15) is 0 Å². The van der Waals surface area contributed by atoms with E-state index in [1.807, 2.05) is 0 Å². The van der Waals surface area contributed by atoms with Crippen molar-refractivity contribution in [3.8, 4) is 0 Å². The molecule has 0 aliphatic rings. The van der Waals surface area contributed by atoms with Crippen LogP contribution in [-0.4, -0.2) is 6.79 Å². The molecule has 2 nitrogen and oxygen atoms in total. The van der Waals surface area contributed by atoms with Crippen molar-refractivity contribution >= 4 is 0 Å². The van der Waals surface area contributed by atoms with Crippen LogP contribution in [0, 0.1) is 0 Å². The first-order valence-corrected chi connectivity index (χ1v) is 2.62. The van der Waals surface area contributed by atoms with Crippen molar-refractivity contribution in [3.05, 3.63) is 24.2 Å². The lowest BCUT2D eigenvalue weighted by Crippen LogP contribution is -1.96. The third-order valence-electron chi connectivity index (χ3n) is 0.668. The summed E-state index contributed by atoms with van der Waals surface area (Å²) in [6, 6.07) is -4.63. The van der Waals surface area contributed by atoms with Crippen LogP contribution in [0.4, 0.5) is 26.3 Å². The maximum absolute atomic E-state index is 11.7. The van der Waals surface area contributed by atoms with Gasteiger partial charge in [0.15, 0.2) is 0 Å². The van der Waals surface area contributed by atoms with Crippen LogP contribution in [0.3, 0.4) is 0 Å². The van der Waals surface area contributed by atoms with Crippen LogP contribution < -0.4 is 0 Å². The Balaban J connectivity index is 3.83. The first-order valence-electron chi connectivity index (χ1n) is 2.62. The Morgan fingerprint density at radius 3 is 1.23 bits per heavy atom. The van der Waals surface area contributed by atoms with Gasteiger partial charge in [-0.05, 0) is 0 Å². The fraction of sp³-hybridized carbons (Fsp3) is 0.200. The predicted octanol–water partition coefficient (Wildman–Crippen LogP) is 3.05. The van der Waals surface area contributed by atoms with Gasteiger partial charge in [-0.2, -0.15) is 26.3 Å². The third kappa shape index (κ3) is 4.99. The smallest absolute Gasteiger partial charge is 0.342 e. The van der Waals surface area contributed by atoms with Crippen molar-refractivity contribution in [2.75, 3.05) is 6.79 Å². The molecule has 0 bridgehead atoms. The molecule has 0 radical (unpaired) electrons. The molecule has 8 heteroatoms. The Morgan fingerprint density at radius 1 is 0.692 bits per heavy atom. The number of rotatable bonds is 4. The fourth-order valence-electron chi connectivity index (χ4n) is 0.242. The normalized spacial score (nSPS) is 9.08. The van der Waals surface area contributed by atoms with Crippen LogP contribution in [-0.2, 0) is 9.47 Å². The van der Waals surface area contributed by atoms with E-state index >= 15 is 0 Å². The highest BCUT2D eigenvalue weighted by atomic mass is 19.3. The molecule has 0 fully saturated rings. The highest BCUT2D eigenvalue weighted by Gasteiger charge is 2.09. The van der Waals surface area contributed by atoms with Gasteiger partial charge in [0, 0.05) is 0 Å². The van der Waals surface area contributed by atoms with E-state index in [0.29, 0.717) is 0 Å². The van der Waals surface area contributed by atoms with E-state index in [0.717, 1.165) is 0 Å². The Kier molecular flexibility index (Phi) is 4.78. The van der Waals surface area contributed by atoms with Crippen molar-refractivity contribution in [1.82, 2.24) is 0 Å². The summed E-state index contributed by atoms with van der Waals surface area (Å²) in [5.74, 6) is 0. The minimum absolute atomic E-state index is 1.41. The van der Waals surface area contributed by atoms with Gasteiger partial charge in [-0.15, -0.1) is 0 Å². The van der Waals surface area contributed by atoms with Crippen LogP contribution >= 0.6 is 0 Å². The Labute approximate surface area is 68.0 Å². The SMILES string of the molecule is FC(F)=C(F)OCOC(F)=C(F)F. The minimum Gasteiger partial charge on any atom is -0.429 e. The zero-order chi connectivity index (χ0) is 10.4. The minimum atomic E-state index is -2.80. The summed E-state index contributed by atoms with van der Waals surface area (Å²) in [7, 11) is 0. The van der Waals surface area contributed by atoms with Gasteiger partial charge in [-0.25, -0.2) is 0 Å². The monoisotopic (exact) mass is 208 g/mol. The van der Waals surface area contributed by atoms with Crippen LogP contribution in [0.15, 0.2) is 24.2 Å². The quantitative estimate of drug-likeness (QED) is 0.401. The van der Waals surface area contributed by atoms with Gasteiger partial charge in [0.2, 0.25) is 6.79 Å². The van der Waals surface area contributed by atoms with E-state index in [1.165, 1.54) is 0 Å². The number of hydrogen-bond donors (Lipinski definition) is 0. The van der Waals surface area contributed by atoms with E-state index in [4.69, 9.17) is 0 Å². The Hall–Kier alpha value is -1.34. The molecule has 0 aliphatic carbocycles. The molecule has 0 spiro atoms. The van der Waals surface area contributed by atoms with E-state index in [1.54, 1.807) is 0 Å². The maximum Gasteiger partial charge on any atom is 0.342 e. The molecule has 0 rings (SSSR count). The van der Waals surface area contributed by atoms with Gasteiger partial charge < -0.3 is 9.47 Å². The first kappa shape index (κ1) is 11.7. The summed E-state index contributed by atoms with van der Waals surface area (Å²) < 4.78 is 74.8. The second-order valence-corrected chi connectivity index (χ2v) is 1.47. The molecule has 0 unspecified atom stereocenters. The lowest BCUT2D eigenvalue weighted by Gasteiger charge is -2.02. The molecule has 0 N–H and O–H groups in total. The zero-order valence-corrected chi connectivity index (χ0v) is 5.79. The van der Waals surface area contributed by atoms with Gasteiger partial charge in [0.25, 0.3) is 0 Å². The predicted molar refractivity (Wildman–Crippen MR) is 27.7 cm³/mol. The molecule has 0 aliphatic heterocycles. The average Bonchev–Trinajstić information content (AvgIpc) is 2.03. The van der Waals surface area contributed by atoms with Crippen molar-refractivity contribution in [3.63, 3.8) is 0 Å². The van der Waals surface area contributed by atoms with Gasteiger partial charge in [0.05, 0.1) is 0 Å². The van der Waals surface area contributed by atoms with Crippen LogP contribution in [0.2, 0.25) is 0 Å². The lowest BCUT2D eigenvalue weighted by atomic mass is 11.0. The first-order chi connectivity index (χ1) is 5.95. The highest BCUT2D eigenvalue weighted by molar-refractivity contribution is 4.82. The molecule has 0 saturated carbocycles. The molecule has 0 aromatic carbocycles. The largest absolute Gasteiger partial charge is 0.429 e. The summed E-state index contributed by atoms with van der Waals surface area (Å²) in [5, 5.41) is 0. The molecule has 76 valence electrons. The highest BCUT2D eigenvalue weighted by Crippen LogP contribution is 2.13. The van der Waals surface area contributed by atoms with E-state index in [-0.39, 0.29) is 0 Å². The average molecular weight is 208 g/mol. The molecule has 0 saturated heterocycles. The molecular formula is C5H2F6O2. The van der Waals surface area contributed by atoms with Crippen LogP contribution in [0.1, 0.15) is 0 Å². The number of hydrogen-bond acceptors (Lipinski definition) is 2. The Morgan fingerprint density at radius 2 is 1.00 bits per heavy atom. The lowest BCUT2D eigenvalue weighted by molar-refractivity contribution is -0.0432. The van der Waals surface area contributed by atoms with Crippen LogP contribution in [0.25, 0.3) is 0 Å². The summed E-state index contributed by atoms with van der Waals surface area (Å²) in [6.45, 7) is -1.41. The topological polar surface area (TPSA) is 18.5 Å². The summed E-state index contributed by atoms with van der Waals surface area (Å²) in [5.41, 5.74) is 0. The maximum atomic E-state index is 11.7. The van der Waals surface area contributed by atoms with Crippen molar-refractivity contribution in [2.24, 2.45) is 0 Å². The number of halogens is 6. The van der Waals surface area contributed by atoms with Gasteiger partial charge in [-0.1, -0.05) is 0 Å². The van der Waals surface area contributed by atoms with Crippen molar-refractivity contribution in [2.45, 2.75) is 0 Å². The second kappa shape index (κ2) is 5.33. The molecular weight excluding hydrogens is 206 g/mol. The van der Waals surface area contributed by atoms with Crippen LogP contribution in [0.5, 0.6) is 0 Å². The summed E-state index contributed by atoms with van der Waals surface area (Å²) in [4.78, 5) is 0. The second-order valence-electron chi connectivity index (χ2n) is 1.47. The third-order valence-corrected chi connectivity index (χ3v) is 0.668. The molecule has 13 heavy (non-hydrogen) atoms. The molecule has 0 atom stereocenters. The van der Waals surface area contributed by atoms with Gasteiger partial charge in [-0.3, -0.25) is 0 Å².